The highest BCUT2D eigenvalue weighted by atomic mass is 35.5. The molecule has 0 saturated carbocycles. The molecule has 0 bridgehead atoms. The van der Waals surface area contributed by atoms with E-state index < -0.39 is 0 Å². The molecule has 152 valence electrons. The van der Waals surface area contributed by atoms with Crippen LogP contribution in [0.25, 0.3) is 11.0 Å². The second-order valence-corrected chi connectivity index (χ2v) is 8.41. The molecule has 0 aliphatic carbocycles. The van der Waals surface area contributed by atoms with Gasteiger partial charge in [-0.25, -0.2) is 0 Å². The van der Waals surface area contributed by atoms with Crippen LogP contribution in [0.15, 0.2) is 64.0 Å². The third-order valence-corrected chi connectivity index (χ3v) is 6.14. The maximum absolute atomic E-state index is 12.9. The minimum absolute atomic E-state index is 0.0216. The van der Waals surface area contributed by atoms with Gasteiger partial charge < -0.3 is 9.32 Å². The van der Waals surface area contributed by atoms with Gasteiger partial charge in [0.2, 0.25) is 0 Å². The van der Waals surface area contributed by atoms with Gasteiger partial charge in [0.15, 0.2) is 5.43 Å². The first-order valence-electron chi connectivity index (χ1n) is 10.3. The van der Waals surface area contributed by atoms with Crippen LogP contribution in [0.3, 0.4) is 0 Å². The van der Waals surface area contributed by atoms with Gasteiger partial charge in [-0.05, 0) is 56.6 Å². The normalized spacial score (nSPS) is 17.8. The molecule has 4 rings (SSSR count). The van der Waals surface area contributed by atoms with Crippen LogP contribution in [0.2, 0.25) is 5.02 Å². The van der Waals surface area contributed by atoms with Crippen molar-refractivity contribution >= 4 is 22.6 Å². The first-order valence-corrected chi connectivity index (χ1v) is 10.6. The minimum atomic E-state index is 0.0216. The largest absolute Gasteiger partial charge is 0.464 e. The van der Waals surface area contributed by atoms with Crippen molar-refractivity contribution in [1.29, 1.82) is 0 Å². The molecule has 1 aliphatic heterocycles. The lowest BCUT2D eigenvalue weighted by Crippen LogP contribution is -2.47. The fourth-order valence-corrected chi connectivity index (χ4v) is 4.33. The molecule has 0 unspecified atom stereocenters. The fraction of sp³-hybridized carbons (Fsp3) is 0.375. The highest BCUT2D eigenvalue weighted by molar-refractivity contribution is 6.31. The Bertz CT molecular complexity index is 1020. The van der Waals surface area contributed by atoms with E-state index in [1.807, 2.05) is 0 Å². The highest BCUT2D eigenvalue weighted by Crippen LogP contribution is 2.20. The van der Waals surface area contributed by atoms with Crippen molar-refractivity contribution in [2.75, 3.05) is 26.7 Å². The number of halogens is 1. The van der Waals surface area contributed by atoms with Gasteiger partial charge in [-0.3, -0.25) is 9.69 Å². The van der Waals surface area contributed by atoms with Crippen LogP contribution in [0.1, 0.15) is 24.0 Å². The average molecular weight is 411 g/mol. The summed E-state index contributed by atoms with van der Waals surface area (Å²) in [6, 6.07) is 16.3. The SMILES string of the molecule is CN(CCc1ccccc1)[C@@H]1CCCN(Cc2coc3ccc(Cl)cc3c2=O)C1. The van der Waals surface area contributed by atoms with Crippen molar-refractivity contribution in [3.63, 3.8) is 0 Å². The molecule has 0 radical (unpaired) electrons. The van der Waals surface area contributed by atoms with E-state index in [4.69, 9.17) is 16.0 Å². The Hall–Kier alpha value is -2.14. The molecular formula is C24H27ClN2O2. The molecule has 0 spiro atoms. The van der Waals surface area contributed by atoms with E-state index in [1.165, 1.54) is 12.0 Å². The Morgan fingerprint density at radius 1 is 1.21 bits per heavy atom. The zero-order chi connectivity index (χ0) is 20.2. The summed E-state index contributed by atoms with van der Waals surface area (Å²) in [7, 11) is 2.21. The molecule has 3 aromatic rings. The lowest BCUT2D eigenvalue weighted by atomic mass is 10.0. The Kier molecular flexibility index (Phi) is 6.34. The van der Waals surface area contributed by atoms with Crippen molar-refractivity contribution in [2.24, 2.45) is 0 Å². The van der Waals surface area contributed by atoms with Gasteiger partial charge in [0, 0.05) is 36.3 Å². The number of likely N-dealkylation sites (tertiary alicyclic amines) is 1. The maximum atomic E-state index is 12.9. The molecule has 2 aromatic carbocycles. The Balaban J connectivity index is 1.40. The number of piperidine rings is 1. The Morgan fingerprint density at radius 2 is 2.03 bits per heavy atom. The zero-order valence-corrected chi connectivity index (χ0v) is 17.6. The summed E-state index contributed by atoms with van der Waals surface area (Å²) >= 11 is 6.07. The predicted octanol–water partition coefficient (Wildman–Crippen LogP) is 4.59. The summed E-state index contributed by atoms with van der Waals surface area (Å²) in [6.45, 7) is 3.64. The average Bonchev–Trinajstić information content (AvgIpc) is 2.75. The summed E-state index contributed by atoms with van der Waals surface area (Å²) < 4.78 is 5.69. The number of fused-ring (bicyclic) bond motifs is 1. The van der Waals surface area contributed by atoms with Crippen LogP contribution >= 0.6 is 11.6 Å². The highest BCUT2D eigenvalue weighted by Gasteiger charge is 2.24. The van der Waals surface area contributed by atoms with Gasteiger partial charge in [0.05, 0.1) is 11.6 Å². The molecule has 5 heteroatoms. The standard InChI is InChI=1S/C24H27ClN2O2/c1-26(13-11-18-6-3-2-4-7-18)21-8-5-12-27(16-21)15-19-17-29-23-10-9-20(25)14-22(23)24(19)28/h2-4,6-7,9-10,14,17,21H,5,8,11-13,15-16H2,1H3/t21-/m1/s1. The summed E-state index contributed by atoms with van der Waals surface area (Å²) in [5.74, 6) is 0. The van der Waals surface area contributed by atoms with E-state index in [0.717, 1.165) is 32.5 Å². The Labute approximate surface area is 176 Å². The third-order valence-electron chi connectivity index (χ3n) is 5.90. The van der Waals surface area contributed by atoms with Crippen LogP contribution in [-0.4, -0.2) is 42.5 Å². The number of likely N-dealkylation sites (N-methyl/N-ethyl adjacent to an activating group) is 1. The van der Waals surface area contributed by atoms with Crippen molar-refractivity contribution in [3.8, 4) is 0 Å². The van der Waals surface area contributed by atoms with E-state index in [9.17, 15) is 4.79 Å². The van der Waals surface area contributed by atoms with E-state index in [-0.39, 0.29) is 5.43 Å². The number of hydrogen-bond donors (Lipinski definition) is 0. The van der Waals surface area contributed by atoms with Gasteiger partial charge >= 0.3 is 0 Å². The van der Waals surface area contributed by atoms with Gasteiger partial charge in [-0.2, -0.15) is 0 Å². The van der Waals surface area contributed by atoms with E-state index in [0.29, 0.717) is 34.1 Å². The third kappa shape index (κ3) is 4.89. The number of benzene rings is 2. The zero-order valence-electron chi connectivity index (χ0n) is 16.8. The molecule has 1 saturated heterocycles. The second kappa shape index (κ2) is 9.12. The van der Waals surface area contributed by atoms with Crippen LogP contribution in [0.5, 0.6) is 0 Å². The lowest BCUT2D eigenvalue weighted by molar-refractivity contribution is 0.112. The van der Waals surface area contributed by atoms with Crippen molar-refractivity contribution in [2.45, 2.75) is 31.8 Å². The quantitative estimate of drug-likeness (QED) is 0.595. The van der Waals surface area contributed by atoms with Crippen LogP contribution in [0.4, 0.5) is 0 Å². The molecular weight excluding hydrogens is 384 g/mol. The van der Waals surface area contributed by atoms with Crippen LogP contribution in [-0.2, 0) is 13.0 Å². The van der Waals surface area contributed by atoms with Crippen molar-refractivity contribution in [1.82, 2.24) is 9.80 Å². The number of rotatable bonds is 6. The van der Waals surface area contributed by atoms with Gasteiger partial charge in [-0.1, -0.05) is 41.9 Å². The first-order chi connectivity index (χ1) is 14.1. The summed E-state index contributed by atoms with van der Waals surface area (Å²) in [6.07, 6.45) is 5.01. The molecule has 2 heterocycles. The maximum Gasteiger partial charge on any atom is 0.197 e. The van der Waals surface area contributed by atoms with E-state index in [2.05, 4.69) is 47.2 Å². The minimum Gasteiger partial charge on any atom is -0.464 e. The van der Waals surface area contributed by atoms with Crippen molar-refractivity contribution in [3.05, 3.63) is 81.2 Å². The smallest absolute Gasteiger partial charge is 0.197 e. The first kappa shape index (κ1) is 20.1. The molecule has 1 aliphatic rings. The van der Waals surface area contributed by atoms with Crippen LogP contribution < -0.4 is 5.43 Å². The molecule has 1 aromatic heterocycles. The van der Waals surface area contributed by atoms with Gasteiger partial charge in [-0.15, -0.1) is 0 Å². The fourth-order valence-electron chi connectivity index (χ4n) is 4.16. The van der Waals surface area contributed by atoms with E-state index >= 15 is 0 Å². The lowest BCUT2D eigenvalue weighted by Gasteiger charge is -2.37. The summed E-state index contributed by atoms with van der Waals surface area (Å²) in [4.78, 5) is 17.7. The van der Waals surface area contributed by atoms with Crippen molar-refractivity contribution < 1.29 is 4.42 Å². The molecule has 0 N–H and O–H groups in total. The summed E-state index contributed by atoms with van der Waals surface area (Å²) in [5.41, 5.74) is 2.68. The topological polar surface area (TPSA) is 36.7 Å². The summed E-state index contributed by atoms with van der Waals surface area (Å²) in [5, 5.41) is 1.11. The predicted molar refractivity (Wildman–Crippen MR) is 119 cm³/mol. The molecule has 1 atom stereocenters. The number of nitrogens with zero attached hydrogens (tertiary/aromatic N) is 2. The second-order valence-electron chi connectivity index (χ2n) is 7.98. The van der Waals surface area contributed by atoms with Gasteiger partial charge in [0.25, 0.3) is 0 Å². The molecule has 4 nitrogen and oxygen atoms in total. The monoisotopic (exact) mass is 410 g/mol. The van der Waals surface area contributed by atoms with Gasteiger partial charge in [0.1, 0.15) is 5.58 Å². The molecule has 0 amide bonds. The number of hydrogen-bond acceptors (Lipinski definition) is 4. The molecule has 29 heavy (non-hydrogen) atoms. The molecule has 1 fully saturated rings. The van der Waals surface area contributed by atoms with E-state index in [1.54, 1.807) is 24.5 Å². The Morgan fingerprint density at radius 3 is 2.86 bits per heavy atom. The van der Waals surface area contributed by atoms with Crippen LogP contribution in [0, 0.1) is 0 Å².